The zero-order valence-corrected chi connectivity index (χ0v) is 8.11. The minimum atomic E-state index is 0.00125. The molecule has 2 atom stereocenters. The van der Waals surface area contributed by atoms with E-state index in [0.717, 1.165) is 25.7 Å². The fourth-order valence-corrected chi connectivity index (χ4v) is 2.10. The fraction of sp³-hybridized carbons (Fsp3) is 0.545. The molecule has 3 nitrogen and oxygen atoms in total. The van der Waals surface area contributed by atoms with E-state index in [2.05, 4.69) is 0 Å². The Morgan fingerprint density at radius 3 is 2.86 bits per heavy atom. The van der Waals surface area contributed by atoms with Crippen molar-refractivity contribution in [3.05, 3.63) is 24.2 Å². The van der Waals surface area contributed by atoms with Crippen LogP contribution in [0.2, 0.25) is 0 Å². The van der Waals surface area contributed by atoms with Crippen molar-refractivity contribution < 1.29 is 9.21 Å². The Morgan fingerprint density at radius 2 is 2.21 bits per heavy atom. The molecular weight excluding hydrogens is 178 g/mol. The molecule has 14 heavy (non-hydrogen) atoms. The van der Waals surface area contributed by atoms with Crippen molar-refractivity contribution in [3.8, 4) is 0 Å². The van der Waals surface area contributed by atoms with Crippen LogP contribution in [0.4, 0.5) is 0 Å². The van der Waals surface area contributed by atoms with Crippen molar-refractivity contribution in [3.63, 3.8) is 0 Å². The van der Waals surface area contributed by atoms with E-state index in [-0.39, 0.29) is 17.7 Å². The lowest BCUT2D eigenvalue weighted by Crippen LogP contribution is -2.37. The Hall–Kier alpha value is -1.09. The van der Waals surface area contributed by atoms with Crippen LogP contribution in [0.1, 0.15) is 36.0 Å². The summed E-state index contributed by atoms with van der Waals surface area (Å²) in [6, 6.07) is 1.75. The Kier molecular flexibility index (Phi) is 2.68. The van der Waals surface area contributed by atoms with Crippen molar-refractivity contribution in [1.29, 1.82) is 0 Å². The van der Waals surface area contributed by atoms with Crippen LogP contribution in [-0.2, 0) is 0 Å². The van der Waals surface area contributed by atoms with Crippen molar-refractivity contribution in [1.82, 2.24) is 0 Å². The van der Waals surface area contributed by atoms with E-state index >= 15 is 0 Å². The largest absolute Gasteiger partial charge is 0.472 e. The summed E-state index contributed by atoms with van der Waals surface area (Å²) in [5.74, 6) is 0.146. The SMILES string of the molecule is NC1CCCCC1C(=O)c1ccoc1. The third-order valence-electron chi connectivity index (χ3n) is 2.96. The predicted molar refractivity (Wildman–Crippen MR) is 53.0 cm³/mol. The first-order valence-electron chi connectivity index (χ1n) is 5.11. The van der Waals surface area contributed by atoms with Crippen molar-refractivity contribution in [2.45, 2.75) is 31.7 Å². The van der Waals surface area contributed by atoms with Gasteiger partial charge >= 0.3 is 0 Å². The van der Waals surface area contributed by atoms with Crippen LogP contribution in [0.3, 0.4) is 0 Å². The number of nitrogens with two attached hydrogens (primary N) is 1. The van der Waals surface area contributed by atoms with Gasteiger partial charge < -0.3 is 10.2 Å². The Balaban J connectivity index is 2.10. The maximum atomic E-state index is 11.9. The first-order chi connectivity index (χ1) is 6.79. The number of hydrogen-bond acceptors (Lipinski definition) is 3. The van der Waals surface area contributed by atoms with Gasteiger partial charge in [-0.3, -0.25) is 4.79 Å². The van der Waals surface area contributed by atoms with Crippen LogP contribution in [-0.4, -0.2) is 11.8 Å². The van der Waals surface area contributed by atoms with Gasteiger partial charge in [-0.05, 0) is 18.9 Å². The zero-order valence-electron chi connectivity index (χ0n) is 8.11. The Bertz CT molecular complexity index is 305. The van der Waals surface area contributed by atoms with Crippen LogP contribution in [0.25, 0.3) is 0 Å². The second-order valence-corrected chi connectivity index (χ2v) is 3.93. The molecule has 1 aromatic rings. The van der Waals surface area contributed by atoms with Crippen molar-refractivity contribution in [2.24, 2.45) is 11.7 Å². The van der Waals surface area contributed by atoms with E-state index < -0.39 is 0 Å². The summed E-state index contributed by atoms with van der Waals surface area (Å²) in [5, 5.41) is 0. The molecule has 0 radical (unpaired) electrons. The molecule has 0 aromatic carbocycles. The summed E-state index contributed by atoms with van der Waals surface area (Å²) in [5.41, 5.74) is 6.59. The quantitative estimate of drug-likeness (QED) is 0.730. The van der Waals surface area contributed by atoms with E-state index in [1.165, 1.54) is 12.5 Å². The van der Waals surface area contributed by atoms with E-state index in [1.807, 2.05) is 0 Å². The molecule has 1 saturated carbocycles. The Labute approximate surface area is 83.3 Å². The second kappa shape index (κ2) is 3.96. The molecule has 3 heteroatoms. The standard InChI is InChI=1S/C11H15NO2/c12-10-4-2-1-3-9(10)11(13)8-5-6-14-7-8/h5-7,9-10H,1-4,12H2. The summed E-state index contributed by atoms with van der Waals surface area (Å²) in [6.07, 6.45) is 7.18. The maximum absolute atomic E-state index is 11.9. The van der Waals surface area contributed by atoms with Gasteiger partial charge in [0.1, 0.15) is 6.26 Å². The lowest BCUT2D eigenvalue weighted by Gasteiger charge is -2.26. The molecule has 1 heterocycles. The molecule has 0 amide bonds. The highest BCUT2D eigenvalue weighted by Crippen LogP contribution is 2.26. The van der Waals surface area contributed by atoms with Crippen molar-refractivity contribution in [2.75, 3.05) is 0 Å². The zero-order chi connectivity index (χ0) is 9.97. The summed E-state index contributed by atoms with van der Waals surface area (Å²) in [6.45, 7) is 0. The molecular formula is C11H15NO2. The molecule has 0 saturated heterocycles. The number of ketones is 1. The molecule has 0 aliphatic heterocycles. The van der Waals surface area contributed by atoms with Gasteiger partial charge in [-0.1, -0.05) is 12.8 Å². The molecule has 2 N–H and O–H groups in total. The smallest absolute Gasteiger partial charge is 0.170 e. The summed E-state index contributed by atoms with van der Waals surface area (Å²) in [4.78, 5) is 11.9. The van der Waals surface area contributed by atoms with E-state index in [1.54, 1.807) is 6.07 Å². The lowest BCUT2D eigenvalue weighted by molar-refractivity contribution is 0.0870. The number of carbonyl (C=O) groups excluding carboxylic acids is 1. The minimum Gasteiger partial charge on any atom is -0.472 e. The number of Topliss-reactive ketones (excluding diaryl/α,β-unsaturated/α-hetero) is 1. The van der Waals surface area contributed by atoms with Gasteiger partial charge in [0.25, 0.3) is 0 Å². The second-order valence-electron chi connectivity index (χ2n) is 3.93. The highest BCUT2D eigenvalue weighted by molar-refractivity contribution is 5.98. The molecule has 76 valence electrons. The molecule has 0 spiro atoms. The third-order valence-corrected chi connectivity index (χ3v) is 2.96. The number of carbonyl (C=O) groups is 1. The summed E-state index contributed by atoms with van der Waals surface area (Å²) >= 11 is 0. The average molecular weight is 193 g/mol. The molecule has 1 aliphatic rings. The van der Waals surface area contributed by atoms with Crippen LogP contribution in [0.5, 0.6) is 0 Å². The highest BCUT2D eigenvalue weighted by atomic mass is 16.3. The molecule has 1 aliphatic carbocycles. The molecule has 1 fully saturated rings. The van der Waals surface area contributed by atoms with Gasteiger partial charge in [-0.25, -0.2) is 0 Å². The summed E-state index contributed by atoms with van der Waals surface area (Å²) in [7, 11) is 0. The van der Waals surface area contributed by atoms with Gasteiger partial charge in [-0.2, -0.15) is 0 Å². The molecule has 1 aromatic heterocycles. The van der Waals surface area contributed by atoms with E-state index in [9.17, 15) is 4.79 Å². The maximum Gasteiger partial charge on any atom is 0.170 e. The first-order valence-corrected chi connectivity index (χ1v) is 5.11. The van der Waals surface area contributed by atoms with E-state index in [4.69, 9.17) is 10.2 Å². The fourth-order valence-electron chi connectivity index (χ4n) is 2.10. The normalized spacial score (nSPS) is 27.5. The van der Waals surface area contributed by atoms with Gasteiger partial charge in [-0.15, -0.1) is 0 Å². The average Bonchev–Trinajstić information content (AvgIpc) is 2.70. The van der Waals surface area contributed by atoms with Crippen LogP contribution in [0.15, 0.2) is 23.0 Å². The van der Waals surface area contributed by atoms with Crippen LogP contribution in [0, 0.1) is 5.92 Å². The molecule has 2 rings (SSSR count). The number of furan rings is 1. The highest BCUT2D eigenvalue weighted by Gasteiger charge is 2.29. The van der Waals surface area contributed by atoms with Crippen molar-refractivity contribution >= 4 is 5.78 Å². The van der Waals surface area contributed by atoms with Gasteiger partial charge in [0.15, 0.2) is 5.78 Å². The summed E-state index contributed by atoms with van der Waals surface area (Å²) < 4.78 is 4.90. The first kappa shape index (κ1) is 9.46. The van der Waals surface area contributed by atoms with Gasteiger partial charge in [0, 0.05) is 12.0 Å². The predicted octanol–water partition coefficient (Wildman–Crippen LogP) is 1.98. The number of hydrogen-bond donors (Lipinski definition) is 1. The Morgan fingerprint density at radius 1 is 1.43 bits per heavy atom. The van der Waals surface area contributed by atoms with Gasteiger partial charge in [0.05, 0.1) is 11.8 Å². The van der Waals surface area contributed by atoms with E-state index in [0.29, 0.717) is 5.56 Å². The minimum absolute atomic E-state index is 0.00125. The molecule has 0 bridgehead atoms. The lowest BCUT2D eigenvalue weighted by atomic mass is 9.81. The third kappa shape index (κ3) is 1.73. The van der Waals surface area contributed by atoms with Gasteiger partial charge in [0.2, 0.25) is 0 Å². The monoisotopic (exact) mass is 193 g/mol. The molecule has 2 unspecified atom stereocenters. The number of rotatable bonds is 2. The topological polar surface area (TPSA) is 56.2 Å². The van der Waals surface area contributed by atoms with Crippen LogP contribution >= 0.6 is 0 Å². The van der Waals surface area contributed by atoms with Crippen LogP contribution < -0.4 is 5.73 Å².